The summed E-state index contributed by atoms with van der Waals surface area (Å²) in [7, 11) is 0. The van der Waals surface area contributed by atoms with E-state index in [0.717, 1.165) is 18.5 Å². The van der Waals surface area contributed by atoms with Crippen LogP contribution in [-0.4, -0.2) is 6.54 Å². The summed E-state index contributed by atoms with van der Waals surface area (Å²) in [5.41, 5.74) is 7.44. The Hall–Kier alpha value is -0.240. The highest BCUT2D eigenvalue weighted by Crippen LogP contribution is 2.39. The Balaban J connectivity index is 2.21. The van der Waals surface area contributed by atoms with Crippen LogP contribution in [0.4, 0.5) is 0 Å². The molecule has 1 aliphatic carbocycles. The molecular weight excluding hydrogens is 265 g/mol. The Morgan fingerprint density at radius 3 is 2.33 bits per heavy atom. The van der Waals surface area contributed by atoms with Gasteiger partial charge in [-0.25, -0.2) is 0 Å². The smallest absolute Gasteiger partial charge is 0.0624 e. The van der Waals surface area contributed by atoms with E-state index in [1.54, 1.807) is 0 Å². The van der Waals surface area contributed by atoms with E-state index in [2.05, 4.69) is 6.07 Å². The van der Waals surface area contributed by atoms with Crippen molar-refractivity contribution in [3.8, 4) is 0 Å². The lowest BCUT2D eigenvalue weighted by Crippen LogP contribution is -2.32. The summed E-state index contributed by atoms with van der Waals surface area (Å²) in [5, 5.41) is 1.35. The van der Waals surface area contributed by atoms with E-state index < -0.39 is 0 Å². The van der Waals surface area contributed by atoms with Crippen molar-refractivity contribution in [2.45, 2.75) is 44.9 Å². The van der Waals surface area contributed by atoms with Gasteiger partial charge < -0.3 is 5.73 Å². The maximum Gasteiger partial charge on any atom is 0.0624 e. The van der Waals surface area contributed by atoms with Crippen LogP contribution in [0.2, 0.25) is 10.0 Å². The van der Waals surface area contributed by atoms with E-state index in [4.69, 9.17) is 28.9 Å². The second kappa shape index (κ2) is 6.27. The van der Waals surface area contributed by atoms with Gasteiger partial charge in [-0.2, -0.15) is 0 Å². The third-order valence-electron chi connectivity index (χ3n) is 4.19. The minimum absolute atomic E-state index is 0.227. The predicted molar refractivity (Wildman–Crippen MR) is 79.4 cm³/mol. The van der Waals surface area contributed by atoms with Gasteiger partial charge in [0.15, 0.2) is 0 Å². The molecule has 1 saturated carbocycles. The van der Waals surface area contributed by atoms with Gasteiger partial charge in [0.2, 0.25) is 0 Å². The zero-order valence-electron chi connectivity index (χ0n) is 10.7. The maximum absolute atomic E-state index is 6.30. The van der Waals surface area contributed by atoms with Gasteiger partial charge in [0.25, 0.3) is 0 Å². The molecule has 0 spiro atoms. The molecule has 0 aromatic heterocycles. The normalized spacial score (nSPS) is 19.5. The third kappa shape index (κ3) is 3.20. The molecular formula is C15H21Cl2N. The van der Waals surface area contributed by atoms with Crippen LogP contribution in [0.3, 0.4) is 0 Å². The summed E-state index contributed by atoms with van der Waals surface area (Å²) >= 11 is 12.4. The van der Waals surface area contributed by atoms with Crippen molar-refractivity contribution in [1.29, 1.82) is 0 Å². The second-order valence-electron chi connectivity index (χ2n) is 5.51. The molecule has 1 aromatic carbocycles. The Morgan fingerprint density at radius 2 is 1.72 bits per heavy atom. The van der Waals surface area contributed by atoms with Crippen LogP contribution in [0.15, 0.2) is 18.2 Å². The molecule has 1 nitrogen and oxygen atoms in total. The van der Waals surface area contributed by atoms with Crippen molar-refractivity contribution in [3.63, 3.8) is 0 Å². The first-order chi connectivity index (χ1) is 8.67. The summed E-state index contributed by atoms with van der Waals surface area (Å²) in [4.78, 5) is 0. The molecule has 100 valence electrons. The molecule has 0 aliphatic heterocycles. The summed E-state index contributed by atoms with van der Waals surface area (Å²) in [6.45, 7) is 0.746. The first kappa shape index (κ1) is 14.2. The molecule has 0 saturated heterocycles. The average Bonchev–Trinajstić information content (AvgIpc) is 2.61. The van der Waals surface area contributed by atoms with Crippen molar-refractivity contribution >= 4 is 23.2 Å². The Kier molecular flexibility index (Phi) is 4.94. The van der Waals surface area contributed by atoms with E-state index in [1.807, 2.05) is 12.1 Å². The molecule has 2 rings (SSSR count). The first-order valence-corrected chi connectivity index (χ1v) is 7.55. The Labute approximate surface area is 120 Å². The fourth-order valence-corrected chi connectivity index (χ4v) is 3.41. The number of rotatable bonds is 3. The van der Waals surface area contributed by atoms with Gasteiger partial charge >= 0.3 is 0 Å². The van der Waals surface area contributed by atoms with E-state index in [0.29, 0.717) is 10.0 Å². The number of hydrogen-bond donors (Lipinski definition) is 1. The lowest BCUT2D eigenvalue weighted by Gasteiger charge is -2.32. The van der Waals surface area contributed by atoms with Gasteiger partial charge in [-0.1, -0.05) is 61.0 Å². The van der Waals surface area contributed by atoms with Crippen molar-refractivity contribution in [2.75, 3.05) is 6.54 Å². The van der Waals surface area contributed by atoms with Gasteiger partial charge in [-0.3, -0.25) is 0 Å². The van der Waals surface area contributed by atoms with Crippen LogP contribution in [0.5, 0.6) is 0 Å². The predicted octanol–water partition coefficient (Wildman–Crippen LogP) is 4.84. The van der Waals surface area contributed by atoms with Gasteiger partial charge in [0, 0.05) is 0 Å². The molecule has 2 N–H and O–H groups in total. The fraction of sp³-hybridized carbons (Fsp3) is 0.600. The van der Waals surface area contributed by atoms with Gasteiger partial charge in [-0.05, 0) is 42.9 Å². The van der Waals surface area contributed by atoms with Gasteiger partial charge in [0.05, 0.1) is 10.0 Å². The van der Waals surface area contributed by atoms with Crippen LogP contribution in [0.25, 0.3) is 0 Å². The second-order valence-corrected chi connectivity index (χ2v) is 6.29. The summed E-state index contributed by atoms with van der Waals surface area (Å²) in [6, 6.07) is 5.90. The monoisotopic (exact) mass is 285 g/mol. The quantitative estimate of drug-likeness (QED) is 0.791. The molecule has 18 heavy (non-hydrogen) atoms. The van der Waals surface area contributed by atoms with Gasteiger partial charge in [0.1, 0.15) is 0 Å². The SMILES string of the molecule is NCC1(Cc2cccc(Cl)c2Cl)CCCCCC1. The highest BCUT2D eigenvalue weighted by molar-refractivity contribution is 6.42. The lowest BCUT2D eigenvalue weighted by atomic mass is 9.75. The van der Waals surface area contributed by atoms with Crippen molar-refractivity contribution in [1.82, 2.24) is 0 Å². The van der Waals surface area contributed by atoms with Crippen LogP contribution < -0.4 is 5.73 Å². The number of benzene rings is 1. The largest absolute Gasteiger partial charge is 0.330 e. The summed E-state index contributed by atoms with van der Waals surface area (Å²) in [5.74, 6) is 0. The van der Waals surface area contributed by atoms with Crippen LogP contribution in [0, 0.1) is 5.41 Å². The molecule has 0 radical (unpaired) electrons. The third-order valence-corrected chi connectivity index (χ3v) is 5.05. The maximum atomic E-state index is 6.30. The van der Waals surface area contributed by atoms with Crippen LogP contribution in [0.1, 0.15) is 44.1 Å². The average molecular weight is 286 g/mol. The zero-order valence-corrected chi connectivity index (χ0v) is 12.2. The highest BCUT2D eigenvalue weighted by Gasteiger charge is 2.30. The molecule has 0 bridgehead atoms. The molecule has 0 heterocycles. The molecule has 1 fully saturated rings. The topological polar surface area (TPSA) is 26.0 Å². The molecule has 0 atom stereocenters. The minimum Gasteiger partial charge on any atom is -0.330 e. The highest BCUT2D eigenvalue weighted by atomic mass is 35.5. The molecule has 0 unspecified atom stereocenters. The summed E-state index contributed by atoms with van der Waals surface area (Å²) < 4.78 is 0. The van der Waals surface area contributed by atoms with Crippen molar-refractivity contribution in [3.05, 3.63) is 33.8 Å². The van der Waals surface area contributed by atoms with E-state index in [1.165, 1.54) is 38.5 Å². The molecule has 3 heteroatoms. The molecule has 1 aliphatic rings. The van der Waals surface area contributed by atoms with E-state index in [-0.39, 0.29) is 5.41 Å². The standard InChI is InChI=1S/C15H21Cl2N/c16-13-7-5-6-12(14(13)17)10-15(11-18)8-3-1-2-4-9-15/h5-7H,1-4,8-11,18H2. The molecule has 0 amide bonds. The Morgan fingerprint density at radius 1 is 1.06 bits per heavy atom. The van der Waals surface area contributed by atoms with Gasteiger partial charge in [-0.15, -0.1) is 0 Å². The molecule has 1 aromatic rings. The van der Waals surface area contributed by atoms with E-state index >= 15 is 0 Å². The van der Waals surface area contributed by atoms with Crippen LogP contribution in [-0.2, 0) is 6.42 Å². The minimum atomic E-state index is 0.227. The van der Waals surface area contributed by atoms with Crippen molar-refractivity contribution < 1.29 is 0 Å². The lowest BCUT2D eigenvalue weighted by molar-refractivity contribution is 0.252. The van der Waals surface area contributed by atoms with E-state index in [9.17, 15) is 0 Å². The van der Waals surface area contributed by atoms with Crippen LogP contribution >= 0.6 is 23.2 Å². The van der Waals surface area contributed by atoms with Crippen molar-refractivity contribution in [2.24, 2.45) is 11.1 Å². The zero-order chi connectivity index (χ0) is 13.0. The summed E-state index contributed by atoms with van der Waals surface area (Å²) in [6.07, 6.45) is 8.64. The Bertz CT molecular complexity index is 395. The number of hydrogen-bond acceptors (Lipinski definition) is 1. The number of nitrogens with two attached hydrogens (primary N) is 1. The fourth-order valence-electron chi connectivity index (χ4n) is 3.02. The number of halogens is 2. The first-order valence-electron chi connectivity index (χ1n) is 6.80.